The molecule has 0 aliphatic carbocycles. The molecule has 0 saturated carbocycles. The third-order valence-corrected chi connectivity index (χ3v) is 4.48. The van der Waals surface area contributed by atoms with Crippen molar-refractivity contribution in [1.29, 1.82) is 0 Å². The number of non-ortho nitro benzene ring substituents is 1. The van der Waals surface area contributed by atoms with E-state index in [1.54, 1.807) is 23.5 Å². The molecule has 3 rings (SSSR count). The number of hydrogen-bond donors (Lipinski definition) is 0. The van der Waals surface area contributed by atoms with Crippen LogP contribution in [0.15, 0.2) is 48.5 Å². The first-order chi connectivity index (χ1) is 10.1. The molecule has 0 bridgehead atoms. The summed E-state index contributed by atoms with van der Waals surface area (Å²) in [5.74, 6) is 0. The SMILES string of the molecule is C[n+]1c(C=Cc2ccc([N+](=O)[O-])cc2)sc2ccccc21.[Cl-]. The lowest BCUT2D eigenvalue weighted by atomic mass is 10.2. The molecule has 0 N–H and O–H groups in total. The van der Waals surface area contributed by atoms with E-state index in [4.69, 9.17) is 0 Å². The summed E-state index contributed by atoms with van der Waals surface area (Å²) >= 11 is 1.72. The summed E-state index contributed by atoms with van der Waals surface area (Å²) < 4.78 is 3.38. The Morgan fingerprint density at radius 2 is 1.77 bits per heavy atom. The molecule has 0 fully saturated rings. The van der Waals surface area contributed by atoms with E-state index in [0.717, 1.165) is 10.6 Å². The van der Waals surface area contributed by atoms with Crippen LogP contribution < -0.4 is 17.0 Å². The summed E-state index contributed by atoms with van der Waals surface area (Å²) in [6.45, 7) is 0. The highest BCUT2D eigenvalue weighted by atomic mass is 35.5. The molecule has 1 aromatic heterocycles. The molecule has 0 saturated heterocycles. The van der Waals surface area contributed by atoms with Gasteiger partial charge in [-0.3, -0.25) is 10.1 Å². The standard InChI is InChI=1S/C16H13N2O2S.ClH/c1-17-14-4-2-3-5-15(14)21-16(17)11-8-12-6-9-13(10-7-12)18(19)20;/h2-11H,1H3;1H/q+1;/p-1. The van der Waals surface area contributed by atoms with Gasteiger partial charge in [-0.25, -0.2) is 0 Å². The van der Waals surface area contributed by atoms with Crippen LogP contribution in [-0.4, -0.2) is 4.92 Å². The molecule has 0 aliphatic rings. The highest BCUT2D eigenvalue weighted by molar-refractivity contribution is 7.18. The van der Waals surface area contributed by atoms with Crippen molar-refractivity contribution < 1.29 is 21.9 Å². The lowest BCUT2D eigenvalue weighted by molar-refractivity contribution is -0.642. The maximum absolute atomic E-state index is 10.6. The molecular formula is C16H13ClN2O2S. The molecule has 0 spiro atoms. The minimum absolute atomic E-state index is 0. The first-order valence-corrected chi connectivity index (χ1v) is 7.27. The van der Waals surface area contributed by atoms with E-state index in [1.807, 2.05) is 31.3 Å². The molecule has 2 aromatic carbocycles. The molecule has 112 valence electrons. The molecule has 0 aliphatic heterocycles. The van der Waals surface area contributed by atoms with E-state index in [9.17, 15) is 10.1 Å². The van der Waals surface area contributed by atoms with Gasteiger partial charge in [-0.05, 0) is 29.8 Å². The average molecular weight is 333 g/mol. The number of thiazole rings is 1. The Balaban J connectivity index is 0.00000176. The van der Waals surface area contributed by atoms with E-state index in [1.165, 1.54) is 22.3 Å². The van der Waals surface area contributed by atoms with Gasteiger partial charge in [-0.15, -0.1) is 0 Å². The molecule has 0 radical (unpaired) electrons. The Hall–Kier alpha value is -2.24. The van der Waals surface area contributed by atoms with Crippen LogP contribution in [0, 0.1) is 10.1 Å². The van der Waals surface area contributed by atoms with Crippen LogP contribution in [0.5, 0.6) is 0 Å². The second-order valence-corrected chi connectivity index (χ2v) is 5.71. The van der Waals surface area contributed by atoms with Crippen LogP contribution in [0.3, 0.4) is 0 Å². The van der Waals surface area contributed by atoms with Crippen molar-refractivity contribution >= 4 is 39.4 Å². The van der Waals surface area contributed by atoms with Gasteiger partial charge in [-0.2, -0.15) is 4.57 Å². The quantitative estimate of drug-likeness (QED) is 0.405. The zero-order valence-corrected chi connectivity index (χ0v) is 13.3. The minimum atomic E-state index is -0.389. The molecule has 0 amide bonds. The van der Waals surface area contributed by atoms with E-state index < -0.39 is 0 Å². The van der Waals surface area contributed by atoms with Crippen molar-refractivity contribution in [3.05, 3.63) is 69.2 Å². The summed E-state index contributed by atoms with van der Waals surface area (Å²) in [4.78, 5) is 10.2. The van der Waals surface area contributed by atoms with Crippen LogP contribution in [-0.2, 0) is 7.05 Å². The lowest BCUT2D eigenvalue weighted by Crippen LogP contribution is -3.00. The van der Waals surface area contributed by atoms with E-state index >= 15 is 0 Å². The zero-order valence-electron chi connectivity index (χ0n) is 11.8. The predicted molar refractivity (Wildman–Crippen MR) is 85.0 cm³/mol. The number of halogens is 1. The first kappa shape index (κ1) is 16.1. The number of nitrogens with zero attached hydrogens (tertiary/aromatic N) is 2. The summed E-state index contributed by atoms with van der Waals surface area (Å²) in [7, 11) is 2.04. The number of hydrogen-bond acceptors (Lipinski definition) is 3. The van der Waals surface area contributed by atoms with Gasteiger partial charge in [0.05, 0.1) is 4.92 Å². The van der Waals surface area contributed by atoms with Gasteiger partial charge < -0.3 is 12.4 Å². The molecule has 3 aromatic rings. The van der Waals surface area contributed by atoms with Gasteiger partial charge in [0, 0.05) is 24.3 Å². The molecule has 0 unspecified atom stereocenters. The predicted octanol–water partition coefficient (Wildman–Crippen LogP) is 0.808. The van der Waals surface area contributed by atoms with Crippen molar-refractivity contribution in [2.24, 2.45) is 7.05 Å². The number of rotatable bonds is 3. The van der Waals surface area contributed by atoms with Gasteiger partial charge in [-0.1, -0.05) is 23.5 Å². The molecule has 0 atom stereocenters. The van der Waals surface area contributed by atoms with Crippen molar-refractivity contribution in [3.63, 3.8) is 0 Å². The molecule has 1 heterocycles. The van der Waals surface area contributed by atoms with Gasteiger partial charge >= 0.3 is 0 Å². The highest BCUT2D eigenvalue weighted by Gasteiger charge is 2.13. The van der Waals surface area contributed by atoms with Crippen molar-refractivity contribution in [2.75, 3.05) is 0 Å². The Labute approximate surface area is 137 Å². The van der Waals surface area contributed by atoms with Crippen molar-refractivity contribution in [2.45, 2.75) is 0 Å². The van der Waals surface area contributed by atoms with Crippen LogP contribution in [0.2, 0.25) is 0 Å². The van der Waals surface area contributed by atoms with Gasteiger partial charge in [0.15, 0.2) is 0 Å². The number of nitro benzene ring substituents is 1. The second kappa shape index (κ2) is 6.68. The topological polar surface area (TPSA) is 47.0 Å². The van der Waals surface area contributed by atoms with Crippen LogP contribution in [0.25, 0.3) is 22.4 Å². The monoisotopic (exact) mass is 332 g/mol. The minimum Gasteiger partial charge on any atom is -1.00 e. The second-order valence-electron chi connectivity index (χ2n) is 4.65. The van der Waals surface area contributed by atoms with E-state index in [0.29, 0.717) is 0 Å². The Morgan fingerprint density at radius 1 is 1.09 bits per heavy atom. The molecule has 22 heavy (non-hydrogen) atoms. The fraction of sp³-hybridized carbons (Fsp3) is 0.0625. The Kier molecular flexibility index (Phi) is 4.90. The zero-order chi connectivity index (χ0) is 14.8. The number of aryl methyl sites for hydroxylation is 1. The average Bonchev–Trinajstić information content (AvgIpc) is 2.82. The van der Waals surface area contributed by atoms with Crippen LogP contribution in [0.1, 0.15) is 10.6 Å². The number of benzene rings is 2. The highest BCUT2D eigenvalue weighted by Crippen LogP contribution is 2.21. The van der Waals surface area contributed by atoms with E-state index in [2.05, 4.69) is 16.7 Å². The maximum atomic E-state index is 10.6. The summed E-state index contributed by atoms with van der Waals surface area (Å²) in [5, 5.41) is 11.8. The fourth-order valence-corrected chi connectivity index (χ4v) is 3.19. The number of para-hydroxylation sites is 1. The Morgan fingerprint density at radius 3 is 2.41 bits per heavy atom. The smallest absolute Gasteiger partial charge is 0.269 e. The van der Waals surface area contributed by atoms with Gasteiger partial charge in [0.25, 0.3) is 10.7 Å². The summed E-state index contributed by atoms with van der Waals surface area (Å²) in [5.41, 5.74) is 2.25. The number of aromatic nitrogens is 1. The molecule has 4 nitrogen and oxygen atoms in total. The maximum Gasteiger partial charge on any atom is 0.269 e. The third-order valence-electron chi connectivity index (χ3n) is 3.29. The number of nitro groups is 1. The first-order valence-electron chi connectivity index (χ1n) is 6.45. The van der Waals surface area contributed by atoms with Crippen molar-refractivity contribution in [3.8, 4) is 0 Å². The van der Waals surface area contributed by atoms with Gasteiger partial charge in [0.2, 0.25) is 5.52 Å². The van der Waals surface area contributed by atoms with Gasteiger partial charge in [0.1, 0.15) is 11.7 Å². The fourth-order valence-electron chi connectivity index (χ4n) is 2.14. The molecule has 6 heteroatoms. The normalized spacial score (nSPS) is 10.8. The van der Waals surface area contributed by atoms with Crippen LogP contribution >= 0.6 is 11.3 Å². The third kappa shape index (κ3) is 3.16. The lowest BCUT2D eigenvalue weighted by Gasteiger charge is -1.92. The number of fused-ring (bicyclic) bond motifs is 1. The summed E-state index contributed by atoms with van der Waals surface area (Å²) in [6.07, 6.45) is 4.00. The Bertz CT molecular complexity index is 841. The largest absolute Gasteiger partial charge is 1.00 e. The molecular weight excluding hydrogens is 320 g/mol. The summed E-state index contributed by atoms with van der Waals surface area (Å²) in [6, 6.07) is 14.8. The van der Waals surface area contributed by atoms with E-state index in [-0.39, 0.29) is 23.0 Å². The van der Waals surface area contributed by atoms with Crippen molar-refractivity contribution in [1.82, 2.24) is 0 Å². The van der Waals surface area contributed by atoms with Crippen LogP contribution in [0.4, 0.5) is 5.69 Å².